The summed E-state index contributed by atoms with van der Waals surface area (Å²) in [5, 5.41) is 0. The highest BCUT2D eigenvalue weighted by molar-refractivity contribution is 6.82. The van der Waals surface area contributed by atoms with Gasteiger partial charge in [-0.2, -0.15) is 0 Å². The average molecular weight is 316 g/mol. The molecule has 0 aliphatic carbocycles. The van der Waals surface area contributed by atoms with Crippen LogP contribution in [0.25, 0.3) is 0 Å². The van der Waals surface area contributed by atoms with Gasteiger partial charge >= 0.3 is 6.09 Å². The van der Waals surface area contributed by atoms with E-state index in [1.807, 2.05) is 20.8 Å². The van der Waals surface area contributed by atoms with Crippen LogP contribution in [0.15, 0.2) is 0 Å². The Morgan fingerprint density at radius 1 is 1.00 bits per heavy atom. The summed E-state index contributed by atoms with van der Waals surface area (Å²) in [6.45, 7) is 22.4. The number of carbonyl (C=O) groups is 1. The molecule has 0 aromatic heterocycles. The van der Waals surface area contributed by atoms with Crippen molar-refractivity contribution in [2.45, 2.75) is 97.9 Å². The lowest BCUT2D eigenvalue weighted by Gasteiger charge is -2.50. The predicted molar refractivity (Wildman–Crippen MR) is 94.3 cm³/mol. The first-order valence-electron chi connectivity index (χ1n) is 8.41. The quantitative estimate of drug-likeness (QED) is 0.579. The topological polar surface area (TPSA) is 29.5 Å². The molecule has 0 unspecified atom stereocenters. The van der Waals surface area contributed by atoms with Crippen molar-refractivity contribution in [1.29, 1.82) is 0 Å². The van der Waals surface area contributed by atoms with E-state index in [4.69, 9.17) is 4.74 Å². The van der Waals surface area contributed by atoms with Crippen molar-refractivity contribution in [1.82, 2.24) is 4.57 Å². The smallest absolute Gasteiger partial charge is 0.402 e. The van der Waals surface area contributed by atoms with Crippen LogP contribution in [0.1, 0.15) is 75.7 Å². The molecular formula is C17H37NO2Si. The maximum atomic E-state index is 12.8. The SMILES string of the molecule is CCCN(C(=O)OC(C)(C)C)[Si](C(C)C)(C(C)C)C(C)C. The third kappa shape index (κ3) is 4.73. The van der Waals surface area contributed by atoms with E-state index in [1.54, 1.807) is 0 Å². The molecule has 0 atom stereocenters. The van der Waals surface area contributed by atoms with Crippen molar-refractivity contribution in [3.8, 4) is 0 Å². The lowest BCUT2D eigenvalue weighted by molar-refractivity contribution is 0.0363. The molecule has 0 spiro atoms. The number of nitrogens with zero attached hydrogens (tertiary/aromatic N) is 1. The van der Waals surface area contributed by atoms with E-state index >= 15 is 0 Å². The fraction of sp³-hybridized carbons (Fsp3) is 0.941. The zero-order chi connectivity index (χ0) is 17.0. The molecule has 0 aliphatic heterocycles. The van der Waals surface area contributed by atoms with Gasteiger partial charge in [0.2, 0.25) is 0 Å². The van der Waals surface area contributed by atoms with Gasteiger partial charge in [0.05, 0.1) is 0 Å². The highest BCUT2D eigenvalue weighted by Gasteiger charge is 2.51. The molecule has 126 valence electrons. The van der Waals surface area contributed by atoms with E-state index in [9.17, 15) is 4.79 Å². The number of rotatable bonds is 6. The second-order valence-corrected chi connectivity index (χ2v) is 13.8. The molecule has 0 aliphatic rings. The summed E-state index contributed by atoms with van der Waals surface area (Å²) in [4.78, 5) is 12.8. The molecule has 0 aromatic carbocycles. The van der Waals surface area contributed by atoms with Crippen LogP contribution in [0.4, 0.5) is 4.79 Å². The maximum absolute atomic E-state index is 12.8. The van der Waals surface area contributed by atoms with Gasteiger partial charge in [0, 0.05) is 6.54 Å². The monoisotopic (exact) mass is 315 g/mol. The van der Waals surface area contributed by atoms with Gasteiger partial charge in [-0.3, -0.25) is 0 Å². The van der Waals surface area contributed by atoms with Crippen molar-refractivity contribution in [2.24, 2.45) is 0 Å². The molecule has 0 aromatic rings. The zero-order valence-electron chi connectivity index (χ0n) is 15.9. The van der Waals surface area contributed by atoms with Gasteiger partial charge in [-0.25, -0.2) is 4.79 Å². The van der Waals surface area contributed by atoms with Crippen LogP contribution < -0.4 is 0 Å². The zero-order valence-corrected chi connectivity index (χ0v) is 16.9. The predicted octanol–water partition coefficient (Wildman–Crippen LogP) is 5.81. The van der Waals surface area contributed by atoms with Crippen LogP contribution >= 0.6 is 0 Å². The number of hydrogen-bond acceptors (Lipinski definition) is 2. The molecule has 21 heavy (non-hydrogen) atoms. The Morgan fingerprint density at radius 3 is 1.62 bits per heavy atom. The Balaban J connectivity index is 5.79. The first-order chi connectivity index (χ1) is 9.41. The molecule has 0 fully saturated rings. The Morgan fingerprint density at radius 2 is 1.38 bits per heavy atom. The van der Waals surface area contributed by atoms with Crippen molar-refractivity contribution in [2.75, 3.05) is 6.54 Å². The molecule has 0 heterocycles. The second-order valence-electron chi connectivity index (χ2n) is 7.98. The summed E-state index contributed by atoms with van der Waals surface area (Å²) >= 11 is 0. The van der Waals surface area contributed by atoms with Crippen molar-refractivity contribution >= 4 is 14.3 Å². The fourth-order valence-electron chi connectivity index (χ4n) is 3.92. The highest BCUT2D eigenvalue weighted by atomic mass is 28.3. The van der Waals surface area contributed by atoms with Crippen LogP contribution in [-0.4, -0.2) is 31.0 Å². The number of ether oxygens (including phenoxy) is 1. The van der Waals surface area contributed by atoms with Crippen LogP contribution in [0.3, 0.4) is 0 Å². The maximum Gasteiger partial charge on any atom is 0.402 e. The summed E-state index contributed by atoms with van der Waals surface area (Å²) in [6.07, 6.45) is 0.854. The Bertz CT molecular complexity index is 310. The molecule has 1 amide bonds. The third-order valence-electron chi connectivity index (χ3n) is 4.30. The lowest BCUT2D eigenvalue weighted by atomic mass is 10.2. The van der Waals surface area contributed by atoms with E-state index in [0.29, 0.717) is 16.6 Å². The number of hydrogen-bond donors (Lipinski definition) is 0. The van der Waals surface area contributed by atoms with E-state index in [2.05, 4.69) is 53.0 Å². The number of amides is 1. The minimum atomic E-state index is -1.98. The summed E-state index contributed by atoms with van der Waals surface area (Å²) < 4.78 is 7.87. The van der Waals surface area contributed by atoms with Gasteiger partial charge in [0.15, 0.2) is 8.24 Å². The number of carbonyl (C=O) groups excluding carboxylic acids is 1. The molecule has 0 rings (SSSR count). The molecular weight excluding hydrogens is 278 g/mol. The molecule has 0 radical (unpaired) electrons. The van der Waals surface area contributed by atoms with E-state index in [-0.39, 0.29) is 6.09 Å². The van der Waals surface area contributed by atoms with Gasteiger partial charge in [-0.05, 0) is 43.8 Å². The van der Waals surface area contributed by atoms with Gasteiger partial charge < -0.3 is 9.30 Å². The average Bonchev–Trinajstić information content (AvgIpc) is 2.24. The van der Waals surface area contributed by atoms with Crippen molar-refractivity contribution < 1.29 is 9.53 Å². The van der Waals surface area contributed by atoms with E-state index in [0.717, 1.165) is 13.0 Å². The summed E-state index contributed by atoms with van der Waals surface area (Å²) in [5.41, 5.74) is 1.10. The lowest BCUT2D eigenvalue weighted by Crippen LogP contribution is -2.63. The molecule has 0 N–H and O–H groups in total. The van der Waals surface area contributed by atoms with Gasteiger partial charge in [0.25, 0.3) is 0 Å². The molecule has 4 heteroatoms. The molecule has 0 saturated carbocycles. The standard InChI is InChI=1S/C17H37NO2Si/c1-11-12-18(16(19)20-17(8,9)10)21(13(2)3,14(4)5)15(6)7/h13-15H,11-12H2,1-10H3. The first kappa shape index (κ1) is 20.5. The van der Waals surface area contributed by atoms with Gasteiger partial charge in [-0.15, -0.1) is 0 Å². The van der Waals surface area contributed by atoms with E-state index < -0.39 is 13.8 Å². The van der Waals surface area contributed by atoms with Crippen molar-refractivity contribution in [3.63, 3.8) is 0 Å². The Hall–Kier alpha value is -0.513. The third-order valence-corrected chi connectivity index (χ3v) is 11.2. The summed E-state index contributed by atoms with van der Waals surface area (Å²) in [7, 11) is -1.98. The minimum absolute atomic E-state index is 0.118. The van der Waals surface area contributed by atoms with Crippen LogP contribution in [0.2, 0.25) is 16.6 Å². The largest absolute Gasteiger partial charge is 0.444 e. The van der Waals surface area contributed by atoms with E-state index in [1.165, 1.54) is 0 Å². The minimum Gasteiger partial charge on any atom is -0.444 e. The Kier molecular flexibility index (Phi) is 7.47. The summed E-state index contributed by atoms with van der Waals surface area (Å²) in [6, 6.07) is 0. The van der Waals surface area contributed by atoms with Gasteiger partial charge in [-0.1, -0.05) is 48.5 Å². The molecule has 0 saturated heterocycles. The van der Waals surface area contributed by atoms with Crippen LogP contribution in [0.5, 0.6) is 0 Å². The van der Waals surface area contributed by atoms with Crippen LogP contribution in [-0.2, 0) is 4.74 Å². The second kappa shape index (κ2) is 7.66. The molecule has 0 bridgehead atoms. The molecule has 3 nitrogen and oxygen atoms in total. The normalized spacial score (nSPS) is 13.2. The summed E-state index contributed by atoms with van der Waals surface area (Å²) in [5.74, 6) is 0. The first-order valence-corrected chi connectivity index (χ1v) is 10.6. The highest BCUT2D eigenvalue weighted by Crippen LogP contribution is 2.44. The van der Waals surface area contributed by atoms with Gasteiger partial charge in [0.1, 0.15) is 5.60 Å². The Labute approximate surface area is 133 Å². The van der Waals surface area contributed by atoms with Crippen LogP contribution in [0, 0.1) is 0 Å². The van der Waals surface area contributed by atoms with Crippen molar-refractivity contribution in [3.05, 3.63) is 0 Å². The fourth-order valence-corrected chi connectivity index (χ4v) is 10.8.